The van der Waals surface area contributed by atoms with Crippen molar-refractivity contribution in [3.8, 4) is 0 Å². The Morgan fingerprint density at radius 3 is 0.846 bits per heavy atom. The Balaban J connectivity index is 3.05. The summed E-state index contributed by atoms with van der Waals surface area (Å²) in [5.41, 5.74) is -15.0. The summed E-state index contributed by atoms with van der Waals surface area (Å²) in [5.74, 6) is -45.6. The van der Waals surface area contributed by atoms with Crippen LogP contribution in [0, 0.1) is 0 Å². The molecule has 154 valence electrons. The van der Waals surface area contributed by atoms with E-state index in [9.17, 15) is 70.2 Å². The van der Waals surface area contributed by atoms with Crippen LogP contribution in [-0.2, 0) is 0 Å². The second kappa shape index (κ2) is 4.47. The number of fused-ring (bicyclic) bond motifs is 1. The minimum Gasteiger partial charge on any atom is -0.237 e. The van der Waals surface area contributed by atoms with Crippen LogP contribution in [0.3, 0.4) is 0 Å². The lowest BCUT2D eigenvalue weighted by Gasteiger charge is -2.61. The first-order valence-electron chi connectivity index (χ1n) is 5.99. The van der Waals surface area contributed by atoms with Crippen LogP contribution in [0.15, 0.2) is 0 Å². The zero-order valence-corrected chi connectivity index (χ0v) is 11.2. The van der Waals surface area contributed by atoms with E-state index in [-0.39, 0.29) is 0 Å². The van der Waals surface area contributed by atoms with Crippen LogP contribution in [-0.4, -0.2) is 59.2 Å². The minimum atomic E-state index is -7.95. The zero-order valence-electron chi connectivity index (χ0n) is 11.2. The number of alkyl halides is 16. The van der Waals surface area contributed by atoms with Gasteiger partial charge >= 0.3 is 35.5 Å². The molecule has 0 N–H and O–H groups in total. The van der Waals surface area contributed by atoms with Gasteiger partial charge in [0.1, 0.15) is 0 Å². The second-order valence-corrected chi connectivity index (χ2v) is 5.70. The smallest absolute Gasteiger partial charge is 0.237 e. The number of halogens is 16. The lowest BCUT2D eigenvalue weighted by molar-refractivity contribution is -0.504. The van der Waals surface area contributed by atoms with E-state index in [0.29, 0.717) is 0 Å². The third-order valence-corrected chi connectivity index (χ3v) is 4.39. The molecule has 0 aromatic heterocycles. The highest BCUT2D eigenvalue weighted by molar-refractivity contribution is 5.38. The normalized spacial score (nSPS) is 47.1. The van der Waals surface area contributed by atoms with Gasteiger partial charge in [0, 0.05) is 0 Å². The first kappa shape index (κ1) is 21.2. The van der Waals surface area contributed by atoms with Gasteiger partial charge in [-0.2, -0.15) is 52.7 Å². The molecule has 0 aromatic rings. The highest BCUT2D eigenvalue weighted by Gasteiger charge is 3.07. The topological polar surface area (TPSA) is 0 Å². The molecule has 2 rings (SSSR count). The fourth-order valence-electron chi connectivity index (χ4n) is 2.85. The molecule has 0 saturated heterocycles. The molecule has 2 unspecified atom stereocenters. The van der Waals surface area contributed by atoms with Crippen molar-refractivity contribution in [3.63, 3.8) is 0 Å². The molecule has 0 nitrogen and oxygen atoms in total. The van der Waals surface area contributed by atoms with Crippen LogP contribution in [0.4, 0.5) is 70.2 Å². The molecular formula is C10H2F16. The van der Waals surface area contributed by atoms with E-state index in [1.165, 1.54) is 0 Å². The van der Waals surface area contributed by atoms with Crippen LogP contribution >= 0.6 is 0 Å². The molecule has 2 fully saturated rings. The third-order valence-electron chi connectivity index (χ3n) is 4.39. The van der Waals surface area contributed by atoms with E-state index < -0.39 is 59.2 Å². The summed E-state index contributed by atoms with van der Waals surface area (Å²) in [6.45, 7) is 0. The summed E-state index contributed by atoms with van der Waals surface area (Å²) in [6.07, 6.45) is -12.2. The van der Waals surface area contributed by atoms with Gasteiger partial charge in [-0.05, 0) is 0 Å². The largest absolute Gasteiger partial charge is 0.378 e. The van der Waals surface area contributed by atoms with Gasteiger partial charge in [0.05, 0.1) is 0 Å². The van der Waals surface area contributed by atoms with E-state index in [1.54, 1.807) is 0 Å². The molecule has 0 amide bonds. The van der Waals surface area contributed by atoms with E-state index in [2.05, 4.69) is 0 Å². The maximum atomic E-state index is 14.2. The Bertz CT molecular complexity index is 573. The van der Waals surface area contributed by atoms with Gasteiger partial charge in [-0.1, -0.05) is 0 Å². The average molecular weight is 426 g/mol. The van der Waals surface area contributed by atoms with Crippen molar-refractivity contribution >= 4 is 0 Å². The predicted molar refractivity (Wildman–Crippen MR) is 47.2 cm³/mol. The van der Waals surface area contributed by atoms with Crippen LogP contribution in [0.25, 0.3) is 0 Å². The van der Waals surface area contributed by atoms with E-state index in [0.717, 1.165) is 0 Å². The highest BCUT2D eigenvalue weighted by Crippen LogP contribution is 2.75. The van der Waals surface area contributed by atoms with Crippen LogP contribution in [0.1, 0.15) is 0 Å². The van der Waals surface area contributed by atoms with Gasteiger partial charge in [0.25, 0.3) is 5.67 Å². The van der Waals surface area contributed by atoms with E-state index in [4.69, 9.17) is 0 Å². The Hall–Kier alpha value is -1.12. The molecule has 2 atom stereocenters. The van der Waals surface area contributed by atoms with Gasteiger partial charge in [0.2, 0.25) is 18.0 Å². The van der Waals surface area contributed by atoms with Gasteiger partial charge in [-0.3, -0.25) is 0 Å². The van der Waals surface area contributed by atoms with E-state index in [1.807, 2.05) is 0 Å². The van der Waals surface area contributed by atoms with Crippen molar-refractivity contribution in [1.82, 2.24) is 0 Å². The molecule has 2 aliphatic carbocycles. The van der Waals surface area contributed by atoms with Gasteiger partial charge in [-0.25, -0.2) is 17.6 Å². The minimum absolute atomic E-state index is 6.11. The fourth-order valence-corrected chi connectivity index (χ4v) is 2.85. The molecule has 16 heteroatoms. The van der Waals surface area contributed by atoms with Crippen molar-refractivity contribution in [2.24, 2.45) is 0 Å². The summed E-state index contributed by atoms with van der Waals surface area (Å²) in [4.78, 5) is 0. The highest BCUT2D eigenvalue weighted by atomic mass is 19.4. The van der Waals surface area contributed by atoms with Crippen molar-refractivity contribution in [3.05, 3.63) is 0 Å². The monoisotopic (exact) mass is 426 g/mol. The fraction of sp³-hybridized carbons (Fsp3) is 1.00. The Morgan fingerprint density at radius 2 is 0.615 bits per heavy atom. The summed E-state index contributed by atoms with van der Waals surface area (Å²) in [7, 11) is 0. The van der Waals surface area contributed by atoms with Crippen molar-refractivity contribution in [1.29, 1.82) is 0 Å². The third kappa shape index (κ3) is 1.49. The van der Waals surface area contributed by atoms with Crippen molar-refractivity contribution in [2.75, 3.05) is 0 Å². The summed E-state index contributed by atoms with van der Waals surface area (Å²) in [6, 6.07) is 0. The SMILES string of the molecule is FC1C(F)(F)C(F)(F)C(F)(F)C2(F)C1(F)C(F)C(F)(F)C(F)(F)C2(F)F. The Morgan fingerprint density at radius 1 is 0.385 bits per heavy atom. The van der Waals surface area contributed by atoms with Gasteiger partial charge in [0.15, 0.2) is 0 Å². The van der Waals surface area contributed by atoms with Crippen LogP contribution < -0.4 is 0 Å². The molecule has 2 saturated carbocycles. The zero-order chi connectivity index (χ0) is 21.2. The lowest BCUT2D eigenvalue weighted by Crippen LogP contribution is -2.94. The quantitative estimate of drug-likeness (QED) is 0.483. The van der Waals surface area contributed by atoms with Gasteiger partial charge < -0.3 is 0 Å². The molecule has 26 heavy (non-hydrogen) atoms. The maximum Gasteiger partial charge on any atom is 0.378 e. The summed E-state index contributed by atoms with van der Waals surface area (Å²) in [5, 5.41) is 0. The molecule has 2 aliphatic rings. The summed E-state index contributed by atoms with van der Waals surface area (Å²) < 4.78 is 214. The molecule has 0 bridgehead atoms. The average Bonchev–Trinajstić information content (AvgIpc) is 2.48. The van der Waals surface area contributed by atoms with Crippen molar-refractivity contribution < 1.29 is 70.2 Å². The number of hydrogen-bond donors (Lipinski definition) is 0. The van der Waals surface area contributed by atoms with Crippen LogP contribution in [0.5, 0.6) is 0 Å². The molecule has 0 aliphatic heterocycles. The van der Waals surface area contributed by atoms with Crippen LogP contribution in [0.2, 0.25) is 0 Å². The molecule has 0 spiro atoms. The second-order valence-electron chi connectivity index (χ2n) is 5.70. The molecule has 0 aromatic carbocycles. The van der Waals surface area contributed by atoms with E-state index >= 15 is 0 Å². The number of rotatable bonds is 0. The first-order valence-corrected chi connectivity index (χ1v) is 5.99. The predicted octanol–water partition coefficient (Wildman–Crippen LogP) is 4.92. The molecule has 0 heterocycles. The molecule has 0 radical (unpaired) electrons. The van der Waals surface area contributed by atoms with Gasteiger partial charge in [-0.15, -0.1) is 0 Å². The Labute approximate surface area is 131 Å². The first-order chi connectivity index (χ1) is 11.1. The lowest BCUT2D eigenvalue weighted by atomic mass is 9.56. The molecular weight excluding hydrogens is 424 g/mol. The standard InChI is InChI=1S/C10H2F16/c11-1-3(13)2(12)5(16,17)8(21,22)10(25,26)6(3,18)9(23,24)7(19,20)4(1,14)15/h1-2H. The maximum absolute atomic E-state index is 14.2. The van der Waals surface area contributed by atoms with Crippen molar-refractivity contribution in [2.45, 2.75) is 59.2 Å². The summed E-state index contributed by atoms with van der Waals surface area (Å²) >= 11 is 0. The number of hydrogen-bond acceptors (Lipinski definition) is 0. The Kier molecular flexibility index (Phi) is 3.64.